The van der Waals surface area contributed by atoms with E-state index in [0.29, 0.717) is 17.0 Å². The normalized spacial score (nSPS) is 32.7. The second kappa shape index (κ2) is 6.21. The van der Waals surface area contributed by atoms with Gasteiger partial charge in [-0.2, -0.15) is 0 Å². The van der Waals surface area contributed by atoms with Crippen LogP contribution in [0.5, 0.6) is 0 Å². The molecule has 2 aromatic rings. The molecule has 156 valence electrons. The first kappa shape index (κ1) is 18.2. The summed E-state index contributed by atoms with van der Waals surface area (Å²) in [6.07, 6.45) is -1.63. The lowest BCUT2D eigenvalue weighted by Gasteiger charge is -2.26. The van der Waals surface area contributed by atoms with E-state index in [9.17, 15) is 19.7 Å². The van der Waals surface area contributed by atoms with Gasteiger partial charge in [-0.15, -0.1) is 0 Å². The molecule has 0 radical (unpaired) electrons. The highest BCUT2D eigenvalue weighted by Crippen LogP contribution is 2.55. The number of amides is 2. The Morgan fingerprint density at radius 1 is 0.968 bits per heavy atom. The molecule has 9 heteroatoms. The Hall–Kier alpha value is -3.59. The number of hydrogen-bond donors (Lipinski definition) is 0. The van der Waals surface area contributed by atoms with Crippen molar-refractivity contribution in [1.29, 1.82) is 0 Å². The number of nitrogens with zero attached hydrogens (tertiary/aromatic N) is 3. The average Bonchev–Trinajstić information content (AvgIpc) is 3.49. The first-order valence-corrected chi connectivity index (χ1v) is 10.0. The van der Waals surface area contributed by atoms with Crippen LogP contribution in [0.1, 0.15) is 11.1 Å². The Balaban J connectivity index is 1.34. The topological polar surface area (TPSA) is 111 Å². The van der Waals surface area contributed by atoms with E-state index in [0.717, 1.165) is 5.56 Å². The van der Waals surface area contributed by atoms with Gasteiger partial charge in [-0.1, -0.05) is 35.0 Å². The van der Waals surface area contributed by atoms with Crippen molar-refractivity contribution < 1.29 is 24.1 Å². The molecule has 4 aliphatic rings. The quantitative estimate of drug-likeness (QED) is 0.428. The molecule has 4 aliphatic heterocycles. The number of carbonyl (C=O) groups excluding carboxylic acids is 2. The highest BCUT2D eigenvalue weighted by molar-refractivity contribution is 6.23. The summed E-state index contributed by atoms with van der Waals surface area (Å²) in [5.74, 6) is -2.15. The predicted molar refractivity (Wildman–Crippen MR) is 107 cm³/mol. The molecule has 3 fully saturated rings. The molecule has 2 bridgehead atoms. The van der Waals surface area contributed by atoms with Crippen LogP contribution in [0.4, 0.5) is 11.4 Å². The molecule has 0 N–H and O–H groups in total. The van der Waals surface area contributed by atoms with E-state index in [1.807, 2.05) is 19.1 Å². The number of anilines is 1. The number of carbonyl (C=O) groups is 2. The van der Waals surface area contributed by atoms with E-state index in [4.69, 9.17) is 9.57 Å². The number of rotatable bonds is 3. The van der Waals surface area contributed by atoms with Crippen LogP contribution < -0.4 is 4.90 Å². The average molecular weight is 419 g/mol. The molecule has 2 aromatic carbocycles. The molecule has 31 heavy (non-hydrogen) atoms. The smallest absolute Gasteiger partial charge is 0.270 e. The van der Waals surface area contributed by atoms with Crippen molar-refractivity contribution in [1.82, 2.24) is 0 Å². The first-order valence-electron chi connectivity index (χ1n) is 10.0. The van der Waals surface area contributed by atoms with Crippen molar-refractivity contribution in [2.24, 2.45) is 22.9 Å². The van der Waals surface area contributed by atoms with Gasteiger partial charge in [0.15, 0.2) is 6.10 Å². The number of hydrogen-bond acceptors (Lipinski definition) is 7. The van der Waals surface area contributed by atoms with Gasteiger partial charge in [0.25, 0.3) is 5.69 Å². The lowest BCUT2D eigenvalue weighted by Crippen LogP contribution is -2.45. The van der Waals surface area contributed by atoms with Gasteiger partial charge in [0.05, 0.1) is 40.2 Å². The molecular weight excluding hydrogens is 402 g/mol. The lowest BCUT2D eigenvalue weighted by atomic mass is 9.71. The van der Waals surface area contributed by atoms with E-state index in [1.54, 1.807) is 24.3 Å². The number of ether oxygens (including phenoxy) is 1. The maximum absolute atomic E-state index is 13.3. The van der Waals surface area contributed by atoms with Crippen LogP contribution in [0.3, 0.4) is 0 Å². The minimum Gasteiger partial charge on any atom is -0.389 e. The second-order valence-corrected chi connectivity index (χ2v) is 8.34. The Kier molecular flexibility index (Phi) is 3.64. The van der Waals surface area contributed by atoms with Gasteiger partial charge in [0.2, 0.25) is 11.8 Å². The van der Waals surface area contributed by atoms with Crippen LogP contribution in [0.15, 0.2) is 53.7 Å². The zero-order valence-corrected chi connectivity index (χ0v) is 16.4. The first-order chi connectivity index (χ1) is 15.0. The minimum absolute atomic E-state index is 0.0525. The van der Waals surface area contributed by atoms with Crippen LogP contribution in [0, 0.1) is 34.8 Å². The highest BCUT2D eigenvalue weighted by Gasteiger charge is 2.72. The van der Waals surface area contributed by atoms with E-state index in [-0.39, 0.29) is 23.4 Å². The number of fused-ring (bicyclic) bond motifs is 8. The van der Waals surface area contributed by atoms with E-state index in [1.165, 1.54) is 17.0 Å². The number of nitro benzene ring substituents is 1. The van der Waals surface area contributed by atoms with Crippen LogP contribution in [-0.2, 0) is 19.2 Å². The maximum atomic E-state index is 13.3. The van der Waals surface area contributed by atoms with E-state index in [2.05, 4.69) is 5.16 Å². The molecule has 6 rings (SSSR count). The number of benzene rings is 2. The third-order valence-electron chi connectivity index (χ3n) is 6.69. The Morgan fingerprint density at radius 2 is 1.68 bits per heavy atom. The summed E-state index contributed by atoms with van der Waals surface area (Å²) < 4.78 is 6.07. The van der Waals surface area contributed by atoms with Crippen LogP contribution >= 0.6 is 0 Å². The summed E-state index contributed by atoms with van der Waals surface area (Å²) in [4.78, 5) is 44.1. The highest BCUT2D eigenvalue weighted by atomic mass is 16.7. The molecule has 0 aliphatic carbocycles. The van der Waals surface area contributed by atoms with Crippen LogP contribution in [-0.4, -0.2) is 40.8 Å². The number of oxime groups is 1. The number of nitro groups is 1. The summed E-state index contributed by atoms with van der Waals surface area (Å²) in [7, 11) is 0. The second-order valence-electron chi connectivity index (χ2n) is 8.34. The number of non-ortho nitro benzene ring substituents is 1. The molecule has 0 unspecified atom stereocenters. The molecule has 0 saturated carbocycles. The molecule has 9 nitrogen and oxygen atoms in total. The fourth-order valence-electron chi connectivity index (χ4n) is 5.32. The summed E-state index contributed by atoms with van der Waals surface area (Å²) >= 11 is 0. The van der Waals surface area contributed by atoms with Gasteiger partial charge in [-0.3, -0.25) is 19.7 Å². The SMILES string of the molecule is Cc1ccc(N2C(=O)[C@@H]3[C@H]4O[C@@H]([C@H]5C(c6cccc([N+](=O)[O-])c6)=NO[C@H]45)[C@H]3C2=O)cc1. The van der Waals surface area contributed by atoms with Gasteiger partial charge in [-0.05, 0) is 19.1 Å². The molecular formula is C22H17N3O6. The molecule has 0 aromatic heterocycles. The minimum atomic E-state index is -0.620. The van der Waals surface area contributed by atoms with Crippen molar-refractivity contribution in [3.8, 4) is 0 Å². The molecule has 4 heterocycles. The summed E-state index contributed by atoms with van der Waals surface area (Å²) in [6.45, 7) is 1.94. The molecule has 6 atom stereocenters. The van der Waals surface area contributed by atoms with Crippen molar-refractivity contribution in [2.45, 2.75) is 25.2 Å². The van der Waals surface area contributed by atoms with Gasteiger partial charge in [0, 0.05) is 17.7 Å². The number of imide groups is 1. The Bertz CT molecular complexity index is 1180. The predicted octanol–water partition coefficient (Wildman–Crippen LogP) is 2.21. The Labute approximate surface area is 176 Å². The zero-order chi connectivity index (χ0) is 21.4. The van der Waals surface area contributed by atoms with Crippen molar-refractivity contribution >= 4 is 28.9 Å². The third-order valence-corrected chi connectivity index (χ3v) is 6.69. The number of aryl methyl sites for hydroxylation is 1. The van der Waals surface area contributed by atoms with Gasteiger partial charge >= 0.3 is 0 Å². The lowest BCUT2D eigenvalue weighted by molar-refractivity contribution is -0.384. The van der Waals surface area contributed by atoms with Gasteiger partial charge in [-0.25, -0.2) is 4.90 Å². The standard InChI is InChI=1S/C22H17N3O6/c1-10-5-7-12(8-6-10)24-21(26)14-15(22(24)27)19-20-16(18(14)30-19)17(23-31-20)11-3-2-4-13(9-11)25(28)29/h2-9,14-16,18-20H,1H3/t14-,15-,16+,18+,19+,20-/m0/s1. The monoisotopic (exact) mass is 419 g/mol. The fraction of sp³-hybridized carbons (Fsp3) is 0.318. The molecule has 2 amide bonds. The Morgan fingerprint density at radius 3 is 2.39 bits per heavy atom. The summed E-state index contributed by atoms with van der Waals surface area (Å²) in [5, 5.41) is 15.3. The van der Waals surface area contributed by atoms with Gasteiger partial charge < -0.3 is 9.57 Å². The summed E-state index contributed by atoms with van der Waals surface area (Å²) in [6, 6.07) is 13.4. The summed E-state index contributed by atoms with van der Waals surface area (Å²) in [5.41, 5.74) is 2.61. The van der Waals surface area contributed by atoms with E-state index < -0.39 is 35.1 Å². The van der Waals surface area contributed by atoms with Crippen LogP contribution in [0.2, 0.25) is 0 Å². The van der Waals surface area contributed by atoms with Crippen molar-refractivity contribution in [3.63, 3.8) is 0 Å². The zero-order valence-electron chi connectivity index (χ0n) is 16.4. The van der Waals surface area contributed by atoms with Crippen molar-refractivity contribution in [2.75, 3.05) is 4.90 Å². The van der Waals surface area contributed by atoms with Gasteiger partial charge in [0.1, 0.15) is 6.10 Å². The maximum Gasteiger partial charge on any atom is 0.270 e. The van der Waals surface area contributed by atoms with E-state index >= 15 is 0 Å². The fourth-order valence-corrected chi connectivity index (χ4v) is 5.32. The molecule has 3 saturated heterocycles. The van der Waals surface area contributed by atoms with Crippen LogP contribution in [0.25, 0.3) is 0 Å². The van der Waals surface area contributed by atoms with Crippen molar-refractivity contribution in [3.05, 3.63) is 69.8 Å². The largest absolute Gasteiger partial charge is 0.389 e. The third kappa shape index (κ3) is 2.37. The molecule has 0 spiro atoms.